The predicted molar refractivity (Wildman–Crippen MR) is 153 cm³/mol. The number of nitrogens with one attached hydrogen (secondary N) is 1. The van der Waals surface area contributed by atoms with Crippen molar-refractivity contribution >= 4 is 33.1 Å². The Labute approximate surface area is 235 Å². The third kappa shape index (κ3) is 4.62. The highest BCUT2D eigenvalue weighted by Crippen LogP contribution is 2.52. The monoisotopic (exact) mass is 564 g/mol. The molecule has 40 heavy (non-hydrogen) atoms. The van der Waals surface area contributed by atoms with Crippen LogP contribution in [-0.4, -0.2) is 90.9 Å². The van der Waals surface area contributed by atoms with Crippen molar-refractivity contribution in [2.45, 2.75) is 50.2 Å². The summed E-state index contributed by atoms with van der Waals surface area (Å²) in [5.41, 5.74) is 4.39. The number of benzene rings is 1. The minimum Gasteiger partial charge on any atom is -0.483 e. The van der Waals surface area contributed by atoms with E-state index in [1.54, 1.807) is 6.33 Å². The molecule has 10 nitrogen and oxygen atoms in total. The lowest BCUT2D eigenvalue weighted by molar-refractivity contribution is -0.125. The van der Waals surface area contributed by atoms with Crippen LogP contribution >= 0.6 is 0 Å². The van der Waals surface area contributed by atoms with Crippen LogP contribution in [-0.2, 0) is 14.6 Å². The zero-order valence-corrected chi connectivity index (χ0v) is 23.7. The van der Waals surface area contributed by atoms with Gasteiger partial charge in [0.1, 0.15) is 29.8 Å². The van der Waals surface area contributed by atoms with Crippen LogP contribution in [0.3, 0.4) is 0 Å². The van der Waals surface area contributed by atoms with E-state index in [0.717, 1.165) is 61.2 Å². The lowest BCUT2D eigenvalue weighted by atomic mass is 9.87. The van der Waals surface area contributed by atoms with Crippen molar-refractivity contribution in [3.05, 3.63) is 47.8 Å². The van der Waals surface area contributed by atoms with Crippen molar-refractivity contribution in [1.82, 2.24) is 19.8 Å². The number of rotatable bonds is 5. The number of hydrogen-bond acceptors (Lipinski definition) is 9. The van der Waals surface area contributed by atoms with Crippen molar-refractivity contribution in [3.8, 4) is 5.75 Å². The van der Waals surface area contributed by atoms with E-state index in [4.69, 9.17) is 4.74 Å². The molecule has 1 N–H and O–H groups in total. The number of carbonyl (C=O) groups is 1. The fraction of sp³-hybridized carbons (Fsp3) is 0.552. The molecule has 0 unspecified atom stereocenters. The normalized spacial score (nSPS) is 26.1. The summed E-state index contributed by atoms with van der Waals surface area (Å²) in [7, 11) is -3.00. The summed E-state index contributed by atoms with van der Waals surface area (Å²) in [6, 6.07) is 4.99. The van der Waals surface area contributed by atoms with Crippen molar-refractivity contribution in [2.24, 2.45) is 0 Å². The first-order valence-electron chi connectivity index (χ1n) is 14.4. The van der Waals surface area contributed by atoms with Gasteiger partial charge in [-0.3, -0.25) is 9.69 Å². The molecule has 2 aromatic rings. The second-order valence-electron chi connectivity index (χ2n) is 11.8. The number of amides is 1. The Morgan fingerprint density at radius 2 is 1.85 bits per heavy atom. The number of sulfone groups is 1. The first-order chi connectivity index (χ1) is 19.3. The van der Waals surface area contributed by atoms with E-state index in [1.165, 1.54) is 30.0 Å². The lowest BCUT2D eigenvalue weighted by Gasteiger charge is -2.43. The topological polar surface area (TPSA) is 108 Å². The van der Waals surface area contributed by atoms with Crippen molar-refractivity contribution in [2.75, 3.05) is 61.0 Å². The molecule has 1 amide bonds. The van der Waals surface area contributed by atoms with Crippen LogP contribution in [0.15, 0.2) is 31.1 Å². The Morgan fingerprint density at radius 3 is 2.58 bits per heavy atom. The van der Waals surface area contributed by atoms with E-state index in [2.05, 4.69) is 38.9 Å². The van der Waals surface area contributed by atoms with Gasteiger partial charge in [-0.15, -0.1) is 0 Å². The zero-order chi connectivity index (χ0) is 27.6. The minimum atomic E-state index is -3.00. The van der Waals surface area contributed by atoms with E-state index in [1.807, 2.05) is 16.7 Å². The van der Waals surface area contributed by atoms with Gasteiger partial charge in [0.2, 0.25) is 5.91 Å². The van der Waals surface area contributed by atoms with E-state index in [9.17, 15) is 13.2 Å². The zero-order valence-electron chi connectivity index (χ0n) is 22.9. The molecule has 4 fully saturated rings. The lowest BCUT2D eigenvalue weighted by Crippen LogP contribution is -2.51. The Morgan fingerprint density at radius 1 is 1.07 bits per heavy atom. The SMILES string of the molecule is C=CC(=O)N1CC[C@@H](N2CC(c3cc4c(c(C5CC5)c3)O[C@H](C)c3c(ncnc3N3CCS(=O)(=O)CC3)N4)C2)C1. The van der Waals surface area contributed by atoms with E-state index < -0.39 is 9.84 Å². The fourth-order valence-electron chi connectivity index (χ4n) is 6.62. The highest BCUT2D eigenvalue weighted by Gasteiger charge is 2.40. The highest BCUT2D eigenvalue weighted by molar-refractivity contribution is 7.91. The molecule has 1 aromatic carbocycles. The predicted octanol–water partition coefficient (Wildman–Crippen LogP) is 2.97. The van der Waals surface area contributed by atoms with Gasteiger partial charge in [0.25, 0.3) is 0 Å². The average molecular weight is 565 g/mol. The molecule has 4 aliphatic heterocycles. The van der Waals surface area contributed by atoms with Gasteiger partial charge in [-0.25, -0.2) is 18.4 Å². The molecule has 2 atom stereocenters. The Hall–Kier alpha value is -3.18. The van der Waals surface area contributed by atoms with Crippen LogP contribution in [0.25, 0.3) is 0 Å². The first-order valence-corrected chi connectivity index (χ1v) is 16.2. The maximum Gasteiger partial charge on any atom is 0.246 e. The largest absolute Gasteiger partial charge is 0.483 e. The smallest absolute Gasteiger partial charge is 0.246 e. The third-order valence-electron chi connectivity index (χ3n) is 9.17. The molecular weight excluding hydrogens is 528 g/mol. The van der Waals surface area contributed by atoms with Gasteiger partial charge in [0.05, 0.1) is 22.8 Å². The number of carbonyl (C=O) groups excluding carboxylic acids is 1. The van der Waals surface area contributed by atoms with E-state index in [-0.39, 0.29) is 23.5 Å². The molecule has 3 saturated heterocycles. The van der Waals surface area contributed by atoms with E-state index >= 15 is 0 Å². The number of hydrogen-bond donors (Lipinski definition) is 1. The van der Waals surface area contributed by atoms with E-state index in [0.29, 0.717) is 31.0 Å². The van der Waals surface area contributed by atoms with Gasteiger partial charge < -0.3 is 19.9 Å². The van der Waals surface area contributed by atoms with Gasteiger partial charge in [0.15, 0.2) is 9.84 Å². The maximum absolute atomic E-state index is 12.0. The molecule has 5 aliphatic rings. The number of aromatic nitrogens is 2. The molecule has 1 aromatic heterocycles. The molecule has 212 valence electrons. The highest BCUT2D eigenvalue weighted by atomic mass is 32.2. The second kappa shape index (κ2) is 9.73. The molecule has 1 aliphatic carbocycles. The summed E-state index contributed by atoms with van der Waals surface area (Å²) in [5.74, 6) is 3.59. The van der Waals surface area contributed by atoms with Crippen LogP contribution in [0.2, 0.25) is 0 Å². The minimum absolute atomic E-state index is 0.0253. The van der Waals surface area contributed by atoms with Crippen LogP contribution < -0.4 is 15.0 Å². The summed E-state index contributed by atoms with van der Waals surface area (Å²) < 4.78 is 30.8. The fourth-order valence-corrected chi connectivity index (χ4v) is 7.82. The van der Waals surface area contributed by atoms with Crippen LogP contribution in [0.5, 0.6) is 5.75 Å². The molecule has 7 rings (SSSR count). The van der Waals surface area contributed by atoms with Gasteiger partial charge in [-0.1, -0.05) is 12.6 Å². The summed E-state index contributed by atoms with van der Waals surface area (Å²) >= 11 is 0. The first kappa shape index (κ1) is 25.8. The third-order valence-corrected chi connectivity index (χ3v) is 10.8. The Balaban J connectivity index is 1.14. The molecule has 1 saturated carbocycles. The summed E-state index contributed by atoms with van der Waals surface area (Å²) in [5, 5.41) is 3.60. The van der Waals surface area contributed by atoms with Gasteiger partial charge in [-0.05, 0) is 55.4 Å². The van der Waals surface area contributed by atoms with Gasteiger partial charge in [-0.2, -0.15) is 0 Å². The molecule has 0 bridgehead atoms. The number of likely N-dealkylation sites (tertiary alicyclic amines) is 2. The summed E-state index contributed by atoms with van der Waals surface area (Å²) in [4.78, 5) is 27.7. The number of fused-ring (bicyclic) bond motifs is 2. The molecular formula is C29H36N6O4S. The van der Waals surface area contributed by atoms with Crippen molar-refractivity contribution < 1.29 is 17.9 Å². The Kier molecular flexibility index (Phi) is 6.27. The standard InChI is InChI=1S/C29H36N6O4S/c1-3-25(36)34-7-6-22(16-34)35-14-21(15-35)20-12-23(19-4-5-19)27-24(13-20)32-28-26(18(2)39-27)29(31-17-30-28)33-8-10-40(37,38)11-9-33/h3,12-13,17-19,21-22H,1,4-11,14-16H2,2H3,(H,30,31,32)/t18-,22-/m1/s1. The summed E-state index contributed by atoms with van der Waals surface area (Å²) in [6.45, 7) is 10.1. The van der Waals surface area contributed by atoms with Crippen LogP contribution in [0.4, 0.5) is 17.3 Å². The molecule has 11 heteroatoms. The maximum atomic E-state index is 12.0. The molecule has 0 radical (unpaired) electrons. The van der Waals surface area contributed by atoms with Gasteiger partial charge >= 0.3 is 0 Å². The van der Waals surface area contributed by atoms with Gasteiger partial charge in [0, 0.05) is 51.2 Å². The number of ether oxygens (including phenoxy) is 1. The molecule has 0 spiro atoms. The number of anilines is 3. The average Bonchev–Trinajstić information content (AvgIpc) is 3.67. The van der Waals surface area contributed by atoms with Crippen molar-refractivity contribution in [3.63, 3.8) is 0 Å². The second-order valence-corrected chi connectivity index (χ2v) is 14.1. The molecule has 5 heterocycles. The van der Waals surface area contributed by atoms with Crippen LogP contribution in [0, 0.1) is 0 Å². The van der Waals surface area contributed by atoms with Crippen molar-refractivity contribution in [1.29, 1.82) is 0 Å². The number of nitrogens with zero attached hydrogens (tertiary/aromatic N) is 5. The Bertz CT molecular complexity index is 1460. The summed E-state index contributed by atoms with van der Waals surface area (Å²) in [6.07, 6.45) is 6.03. The van der Waals surface area contributed by atoms with Crippen LogP contribution in [0.1, 0.15) is 60.8 Å². The quantitative estimate of drug-likeness (QED) is 0.549.